The van der Waals surface area contributed by atoms with Crippen molar-refractivity contribution in [2.45, 2.75) is 27.2 Å². The van der Waals surface area contributed by atoms with Crippen molar-refractivity contribution in [3.63, 3.8) is 0 Å². The van der Waals surface area contributed by atoms with Gasteiger partial charge >= 0.3 is 5.97 Å². The number of H-pyrrole nitrogens is 1. The van der Waals surface area contributed by atoms with E-state index in [-0.39, 0.29) is 6.42 Å². The van der Waals surface area contributed by atoms with Gasteiger partial charge in [0.25, 0.3) is 0 Å². The van der Waals surface area contributed by atoms with E-state index >= 15 is 0 Å². The minimum Gasteiger partial charge on any atom is -0.481 e. The van der Waals surface area contributed by atoms with Crippen LogP contribution >= 0.6 is 0 Å². The van der Waals surface area contributed by atoms with Crippen LogP contribution in [-0.4, -0.2) is 21.3 Å². The zero-order chi connectivity index (χ0) is 13.3. The van der Waals surface area contributed by atoms with Crippen molar-refractivity contribution in [1.29, 1.82) is 0 Å². The third-order valence-corrected chi connectivity index (χ3v) is 3.08. The van der Waals surface area contributed by atoms with Crippen LogP contribution in [0.25, 0.3) is 11.3 Å². The van der Waals surface area contributed by atoms with Gasteiger partial charge in [-0.25, -0.2) is 0 Å². The van der Waals surface area contributed by atoms with Gasteiger partial charge in [0.15, 0.2) is 0 Å². The summed E-state index contributed by atoms with van der Waals surface area (Å²) < 4.78 is 0. The highest BCUT2D eigenvalue weighted by molar-refractivity contribution is 5.73. The molecular weight excluding hydrogens is 228 g/mol. The van der Waals surface area contributed by atoms with E-state index in [0.717, 1.165) is 22.4 Å². The van der Waals surface area contributed by atoms with Crippen LogP contribution in [0.3, 0.4) is 0 Å². The van der Waals surface area contributed by atoms with Crippen molar-refractivity contribution < 1.29 is 9.90 Å². The quantitative estimate of drug-likeness (QED) is 0.872. The third-order valence-electron chi connectivity index (χ3n) is 3.08. The van der Waals surface area contributed by atoms with Crippen molar-refractivity contribution in [3.05, 3.63) is 40.6 Å². The van der Waals surface area contributed by atoms with Crippen molar-refractivity contribution >= 4 is 5.97 Å². The van der Waals surface area contributed by atoms with Crippen molar-refractivity contribution in [2.75, 3.05) is 0 Å². The Morgan fingerprint density at radius 3 is 2.67 bits per heavy atom. The number of aromatic amines is 1. The standard InChI is InChI=1S/C14H16N2O2/c1-8-4-5-11(9(2)6-8)14-10(3)12(15-16-14)7-13(17)18/h4-6H,7H2,1-3H3,(H,15,16)(H,17,18). The Morgan fingerprint density at radius 1 is 1.33 bits per heavy atom. The van der Waals surface area contributed by atoms with Crippen LogP contribution in [0.1, 0.15) is 22.4 Å². The number of carbonyl (C=O) groups is 1. The van der Waals surface area contributed by atoms with Gasteiger partial charge in [0.2, 0.25) is 0 Å². The predicted molar refractivity (Wildman–Crippen MR) is 69.6 cm³/mol. The summed E-state index contributed by atoms with van der Waals surface area (Å²) in [7, 11) is 0. The summed E-state index contributed by atoms with van der Waals surface area (Å²) in [6.45, 7) is 5.98. The lowest BCUT2D eigenvalue weighted by Gasteiger charge is -2.05. The first-order valence-corrected chi connectivity index (χ1v) is 5.82. The molecule has 0 atom stereocenters. The first-order valence-electron chi connectivity index (χ1n) is 5.82. The maximum atomic E-state index is 10.7. The molecule has 1 aromatic carbocycles. The monoisotopic (exact) mass is 244 g/mol. The average molecular weight is 244 g/mol. The largest absolute Gasteiger partial charge is 0.481 e. The fourth-order valence-corrected chi connectivity index (χ4v) is 2.10. The smallest absolute Gasteiger partial charge is 0.309 e. The molecule has 2 rings (SSSR count). The van der Waals surface area contributed by atoms with E-state index in [1.54, 1.807) is 0 Å². The molecule has 0 aliphatic rings. The summed E-state index contributed by atoms with van der Waals surface area (Å²) in [6.07, 6.45) is -0.0241. The van der Waals surface area contributed by atoms with E-state index in [1.165, 1.54) is 5.56 Å². The number of rotatable bonds is 3. The van der Waals surface area contributed by atoms with Crippen LogP contribution in [0.15, 0.2) is 18.2 Å². The second kappa shape index (κ2) is 4.64. The number of nitrogens with zero attached hydrogens (tertiary/aromatic N) is 1. The first kappa shape index (κ1) is 12.4. The molecule has 0 saturated heterocycles. The van der Waals surface area contributed by atoms with Gasteiger partial charge in [-0.3, -0.25) is 9.89 Å². The van der Waals surface area contributed by atoms with Gasteiger partial charge in [-0.1, -0.05) is 23.8 Å². The predicted octanol–water partition coefficient (Wildman–Crippen LogP) is 2.63. The van der Waals surface area contributed by atoms with E-state index in [1.807, 2.05) is 32.9 Å². The van der Waals surface area contributed by atoms with E-state index in [0.29, 0.717) is 5.69 Å². The number of nitrogens with one attached hydrogen (secondary N) is 1. The molecule has 1 heterocycles. The van der Waals surface area contributed by atoms with Gasteiger partial charge in [-0.2, -0.15) is 5.10 Å². The van der Waals surface area contributed by atoms with Gasteiger partial charge < -0.3 is 5.11 Å². The van der Waals surface area contributed by atoms with E-state index < -0.39 is 5.97 Å². The van der Waals surface area contributed by atoms with Crippen LogP contribution in [0.4, 0.5) is 0 Å². The maximum absolute atomic E-state index is 10.7. The molecule has 0 aliphatic heterocycles. The van der Waals surface area contributed by atoms with Crippen LogP contribution in [-0.2, 0) is 11.2 Å². The van der Waals surface area contributed by atoms with Gasteiger partial charge in [-0.15, -0.1) is 0 Å². The molecule has 1 aromatic heterocycles. The molecule has 4 nitrogen and oxygen atoms in total. The molecule has 4 heteroatoms. The Kier molecular flexibility index (Phi) is 3.19. The highest BCUT2D eigenvalue weighted by atomic mass is 16.4. The molecule has 0 fully saturated rings. The fourth-order valence-electron chi connectivity index (χ4n) is 2.10. The lowest BCUT2D eigenvalue weighted by Crippen LogP contribution is -2.01. The highest BCUT2D eigenvalue weighted by Gasteiger charge is 2.14. The van der Waals surface area contributed by atoms with Crippen LogP contribution in [0, 0.1) is 20.8 Å². The number of hydrogen-bond donors (Lipinski definition) is 2. The number of aromatic nitrogens is 2. The SMILES string of the molecule is Cc1ccc(-c2n[nH]c(CC(=O)O)c2C)c(C)c1. The summed E-state index contributed by atoms with van der Waals surface area (Å²) >= 11 is 0. The van der Waals surface area contributed by atoms with Crippen LogP contribution < -0.4 is 0 Å². The minimum absolute atomic E-state index is 0.0241. The maximum Gasteiger partial charge on any atom is 0.309 e. The molecule has 94 valence electrons. The third kappa shape index (κ3) is 2.27. The van der Waals surface area contributed by atoms with Gasteiger partial charge in [0, 0.05) is 11.3 Å². The molecule has 2 aromatic rings. The Balaban J connectivity index is 2.45. The zero-order valence-electron chi connectivity index (χ0n) is 10.7. The molecule has 18 heavy (non-hydrogen) atoms. The van der Waals surface area contributed by atoms with Crippen LogP contribution in [0.5, 0.6) is 0 Å². The highest BCUT2D eigenvalue weighted by Crippen LogP contribution is 2.27. The summed E-state index contributed by atoms with van der Waals surface area (Å²) in [5, 5.41) is 15.9. The number of carboxylic acid groups (broad SMARTS) is 1. The summed E-state index contributed by atoms with van der Waals surface area (Å²) in [5.74, 6) is -0.853. The van der Waals surface area contributed by atoms with Crippen molar-refractivity contribution in [2.24, 2.45) is 0 Å². The number of hydrogen-bond acceptors (Lipinski definition) is 2. The van der Waals surface area contributed by atoms with E-state index in [4.69, 9.17) is 5.11 Å². The number of carboxylic acids is 1. The first-order chi connectivity index (χ1) is 8.49. The Bertz CT molecular complexity index is 600. The average Bonchev–Trinajstić information content (AvgIpc) is 2.60. The molecule has 0 saturated carbocycles. The summed E-state index contributed by atoms with van der Waals surface area (Å²) in [6, 6.07) is 6.16. The Hall–Kier alpha value is -2.10. The molecule has 0 radical (unpaired) electrons. The van der Waals surface area contributed by atoms with E-state index in [9.17, 15) is 4.79 Å². The number of benzene rings is 1. The van der Waals surface area contributed by atoms with Gasteiger partial charge in [0.1, 0.15) is 0 Å². The molecule has 0 amide bonds. The fraction of sp³-hybridized carbons (Fsp3) is 0.286. The molecule has 2 N–H and O–H groups in total. The minimum atomic E-state index is -0.853. The topological polar surface area (TPSA) is 66.0 Å². The van der Waals surface area contributed by atoms with Crippen LogP contribution in [0.2, 0.25) is 0 Å². The normalized spacial score (nSPS) is 10.6. The number of aliphatic carboxylic acids is 1. The summed E-state index contributed by atoms with van der Waals surface area (Å²) in [4.78, 5) is 10.7. The van der Waals surface area contributed by atoms with Gasteiger partial charge in [0.05, 0.1) is 12.1 Å². The second-order valence-electron chi connectivity index (χ2n) is 4.56. The lowest BCUT2D eigenvalue weighted by molar-refractivity contribution is -0.136. The zero-order valence-corrected chi connectivity index (χ0v) is 10.7. The van der Waals surface area contributed by atoms with Crippen molar-refractivity contribution in [3.8, 4) is 11.3 Å². The summed E-state index contributed by atoms with van der Waals surface area (Å²) in [5.41, 5.74) is 5.80. The second-order valence-corrected chi connectivity index (χ2v) is 4.56. The molecule has 0 bridgehead atoms. The molecule has 0 spiro atoms. The molecular formula is C14H16N2O2. The number of aryl methyl sites for hydroxylation is 2. The Labute approximate surface area is 106 Å². The molecule has 0 aliphatic carbocycles. The van der Waals surface area contributed by atoms with Gasteiger partial charge in [-0.05, 0) is 31.9 Å². The Morgan fingerprint density at radius 2 is 2.06 bits per heavy atom. The molecule has 0 unspecified atom stereocenters. The van der Waals surface area contributed by atoms with Crippen molar-refractivity contribution in [1.82, 2.24) is 10.2 Å². The van der Waals surface area contributed by atoms with E-state index in [2.05, 4.69) is 16.3 Å². The lowest BCUT2D eigenvalue weighted by atomic mass is 10.00.